The molecule has 0 bridgehead atoms. The van der Waals surface area contributed by atoms with Crippen LogP contribution in [0.4, 0.5) is 0 Å². The van der Waals surface area contributed by atoms with Crippen molar-refractivity contribution in [3.05, 3.63) is 0 Å². The van der Waals surface area contributed by atoms with Crippen molar-refractivity contribution >= 4 is 47.5 Å². The van der Waals surface area contributed by atoms with Crippen LogP contribution >= 0.6 is 11.8 Å². The molecule has 0 unspecified atom stereocenters. The molecule has 12 nitrogen and oxygen atoms in total. The van der Waals surface area contributed by atoms with Crippen molar-refractivity contribution in [3.63, 3.8) is 0 Å². The third-order valence-electron chi connectivity index (χ3n) is 4.22. The number of esters is 5. The van der Waals surface area contributed by atoms with Gasteiger partial charge in [-0.3, -0.25) is 24.0 Å². The van der Waals surface area contributed by atoms with Gasteiger partial charge < -0.3 is 28.6 Å². The molecule has 0 aromatic carbocycles. The molecule has 0 spiro atoms. The average Bonchev–Trinajstić information content (AvgIpc) is 3.11. The van der Waals surface area contributed by atoms with E-state index in [1.165, 1.54) is 14.0 Å². The van der Waals surface area contributed by atoms with Gasteiger partial charge in [-0.2, -0.15) is 0 Å². The maximum absolute atomic E-state index is 12.4. The van der Waals surface area contributed by atoms with Gasteiger partial charge in [-0.25, -0.2) is 4.79 Å². The van der Waals surface area contributed by atoms with E-state index in [9.17, 15) is 28.8 Å². The fourth-order valence-electron chi connectivity index (χ4n) is 3.13. The third kappa shape index (κ3) is 7.70. The fraction of sp³-hybridized carbons (Fsp3) is 0.684. The van der Waals surface area contributed by atoms with Gasteiger partial charge >= 0.3 is 29.8 Å². The topological polar surface area (TPSA) is 152 Å². The molecule has 0 aromatic rings. The first-order chi connectivity index (χ1) is 14.9. The van der Waals surface area contributed by atoms with Crippen LogP contribution in [-0.2, 0) is 52.5 Å². The van der Waals surface area contributed by atoms with Gasteiger partial charge in [-0.15, -0.1) is 11.8 Å². The van der Waals surface area contributed by atoms with Crippen molar-refractivity contribution in [1.29, 1.82) is 0 Å². The molecule has 1 aliphatic rings. The Balaban J connectivity index is 3.47. The average molecular weight is 477 g/mol. The molecule has 0 saturated carbocycles. The smallest absolute Gasteiger partial charge is 0.329 e. The first-order valence-corrected chi connectivity index (χ1v) is 10.6. The first kappa shape index (κ1) is 27.2. The molecule has 0 N–H and O–H groups in total. The Kier molecular flexibility index (Phi) is 10.4. The number of amides is 1. The van der Waals surface area contributed by atoms with Gasteiger partial charge in [0.25, 0.3) is 0 Å². The predicted octanol–water partition coefficient (Wildman–Crippen LogP) is -0.192. The van der Waals surface area contributed by atoms with Crippen molar-refractivity contribution in [3.8, 4) is 0 Å². The molecule has 1 fully saturated rings. The Bertz CT molecular complexity index is 756. The van der Waals surface area contributed by atoms with Crippen molar-refractivity contribution in [2.45, 2.75) is 64.3 Å². The number of thioether (sulfide) groups is 1. The second-order valence-electron chi connectivity index (χ2n) is 6.79. The standard InChI is InChI=1S/C19H27NO11S/c1-9(21)20-14(19(26)27-6)8-32-18(20)17(31-13(5)25)16(30-12(4)24)15(29-11(3)23)7-28-10(2)22/h14-18H,7-8H2,1-6H3/t14-,15+,16+,17-,18-/m0/s1. The molecule has 1 rings (SSSR count). The molecule has 180 valence electrons. The van der Waals surface area contributed by atoms with Gasteiger partial charge in [0.2, 0.25) is 5.91 Å². The first-order valence-electron chi connectivity index (χ1n) is 9.52. The minimum Gasteiger partial charge on any atom is -0.467 e. The van der Waals surface area contributed by atoms with Crippen molar-refractivity contribution < 1.29 is 52.5 Å². The SMILES string of the molecule is COC(=O)[C@@H]1CS[C@@H]([C@@H](OC(C)=O)[C@H](OC(C)=O)[C@@H](COC(C)=O)OC(C)=O)N1C(C)=O. The summed E-state index contributed by atoms with van der Waals surface area (Å²) < 4.78 is 25.6. The zero-order chi connectivity index (χ0) is 24.6. The summed E-state index contributed by atoms with van der Waals surface area (Å²) in [4.78, 5) is 72.4. The van der Waals surface area contributed by atoms with Crippen molar-refractivity contribution in [2.75, 3.05) is 19.5 Å². The highest BCUT2D eigenvalue weighted by molar-refractivity contribution is 8.00. The Labute approximate surface area is 189 Å². The lowest BCUT2D eigenvalue weighted by atomic mass is 10.1. The van der Waals surface area contributed by atoms with Crippen molar-refractivity contribution in [2.24, 2.45) is 0 Å². The maximum atomic E-state index is 12.4. The number of hydrogen-bond donors (Lipinski definition) is 0. The molecule has 32 heavy (non-hydrogen) atoms. The largest absolute Gasteiger partial charge is 0.467 e. The highest BCUT2D eigenvalue weighted by Gasteiger charge is 2.51. The van der Waals surface area contributed by atoms with Gasteiger partial charge in [0.05, 0.1) is 7.11 Å². The van der Waals surface area contributed by atoms with E-state index >= 15 is 0 Å². The van der Waals surface area contributed by atoms with E-state index in [0.29, 0.717) is 0 Å². The van der Waals surface area contributed by atoms with E-state index in [1.54, 1.807) is 0 Å². The summed E-state index contributed by atoms with van der Waals surface area (Å²) in [6.45, 7) is 5.09. The normalized spacial score (nSPS) is 20.4. The van der Waals surface area contributed by atoms with Crippen LogP contribution in [-0.4, -0.2) is 89.9 Å². The maximum Gasteiger partial charge on any atom is 0.329 e. The van der Waals surface area contributed by atoms with E-state index in [2.05, 4.69) is 0 Å². The van der Waals surface area contributed by atoms with Crippen LogP contribution in [0.15, 0.2) is 0 Å². The Morgan fingerprint density at radius 3 is 1.88 bits per heavy atom. The highest BCUT2D eigenvalue weighted by atomic mass is 32.2. The van der Waals surface area contributed by atoms with Gasteiger partial charge in [0, 0.05) is 40.4 Å². The minimum atomic E-state index is -1.46. The van der Waals surface area contributed by atoms with Crippen LogP contribution in [0.5, 0.6) is 0 Å². The minimum absolute atomic E-state index is 0.115. The summed E-state index contributed by atoms with van der Waals surface area (Å²) >= 11 is 1.08. The van der Waals surface area contributed by atoms with Gasteiger partial charge in [0.15, 0.2) is 18.3 Å². The van der Waals surface area contributed by atoms with E-state index in [4.69, 9.17) is 23.7 Å². The van der Waals surface area contributed by atoms with Gasteiger partial charge in [-0.05, 0) is 0 Å². The summed E-state index contributed by atoms with van der Waals surface area (Å²) in [7, 11) is 1.17. The van der Waals surface area contributed by atoms with E-state index in [1.807, 2.05) is 0 Å². The molecule has 13 heteroatoms. The van der Waals surface area contributed by atoms with E-state index < -0.39 is 72.1 Å². The highest BCUT2D eigenvalue weighted by Crippen LogP contribution is 2.36. The van der Waals surface area contributed by atoms with E-state index in [0.717, 1.165) is 44.4 Å². The summed E-state index contributed by atoms with van der Waals surface area (Å²) in [5.41, 5.74) is 0. The lowest BCUT2D eigenvalue weighted by Gasteiger charge is -2.37. The number of nitrogens with zero attached hydrogens (tertiary/aromatic N) is 1. The zero-order valence-corrected chi connectivity index (χ0v) is 19.5. The Morgan fingerprint density at radius 2 is 1.44 bits per heavy atom. The number of methoxy groups -OCH3 is 1. The fourth-order valence-corrected chi connectivity index (χ4v) is 4.66. The van der Waals surface area contributed by atoms with Crippen LogP contribution in [0, 0.1) is 0 Å². The summed E-state index contributed by atoms with van der Waals surface area (Å²) in [5.74, 6) is -4.17. The summed E-state index contributed by atoms with van der Waals surface area (Å²) in [6, 6.07) is -0.982. The Hall–Kier alpha value is -2.83. The van der Waals surface area contributed by atoms with Crippen molar-refractivity contribution in [1.82, 2.24) is 4.90 Å². The van der Waals surface area contributed by atoms with Gasteiger partial charge in [-0.1, -0.05) is 0 Å². The lowest BCUT2D eigenvalue weighted by Crippen LogP contribution is -2.57. The summed E-state index contributed by atoms with van der Waals surface area (Å²) in [5, 5.41) is -1.000. The second kappa shape index (κ2) is 12.3. The number of rotatable bonds is 9. The Morgan fingerprint density at radius 1 is 0.875 bits per heavy atom. The number of carbonyl (C=O) groups is 6. The molecule has 1 heterocycles. The molecule has 1 amide bonds. The molecule has 0 radical (unpaired) electrons. The molecule has 5 atom stereocenters. The quantitative estimate of drug-likeness (QED) is 0.319. The van der Waals surface area contributed by atoms with E-state index in [-0.39, 0.29) is 5.75 Å². The van der Waals surface area contributed by atoms with Crippen LogP contribution in [0.2, 0.25) is 0 Å². The molecule has 0 aliphatic carbocycles. The molecule has 0 aromatic heterocycles. The number of ether oxygens (including phenoxy) is 5. The lowest BCUT2D eigenvalue weighted by molar-refractivity contribution is -0.192. The van der Waals surface area contributed by atoms with Crippen LogP contribution in [0.1, 0.15) is 34.6 Å². The monoisotopic (exact) mass is 477 g/mol. The van der Waals surface area contributed by atoms with Crippen LogP contribution < -0.4 is 0 Å². The summed E-state index contributed by atoms with van der Waals surface area (Å²) in [6.07, 6.45) is -4.20. The predicted molar refractivity (Wildman–Crippen MR) is 108 cm³/mol. The second-order valence-corrected chi connectivity index (χ2v) is 7.94. The number of carbonyl (C=O) groups excluding carboxylic acids is 6. The molecule has 1 aliphatic heterocycles. The number of hydrogen-bond acceptors (Lipinski definition) is 12. The molecular weight excluding hydrogens is 450 g/mol. The third-order valence-corrected chi connectivity index (χ3v) is 5.56. The zero-order valence-electron chi connectivity index (χ0n) is 18.6. The van der Waals surface area contributed by atoms with Crippen LogP contribution in [0.3, 0.4) is 0 Å². The van der Waals surface area contributed by atoms with Gasteiger partial charge in [0.1, 0.15) is 18.0 Å². The van der Waals surface area contributed by atoms with Crippen LogP contribution in [0.25, 0.3) is 0 Å². The molecule has 1 saturated heterocycles. The molecular formula is C19H27NO11S.